The van der Waals surface area contributed by atoms with Crippen LogP contribution in [-0.4, -0.2) is 24.1 Å². The minimum Gasteiger partial charge on any atom is -0.486 e. The monoisotopic (exact) mass is 440 g/mol. The zero-order valence-corrected chi connectivity index (χ0v) is 17.8. The Kier molecular flexibility index (Phi) is 5.35. The molecule has 0 radical (unpaired) electrons. The second kappa shape index (κ2) is 8.28. The first-order valence-electron chi connectivity index (χ1n) is 10.1. The van der Waals surface area contributed by atoms with Gasteiger partial charge >= 0.3 is 0 Å². The summed E-state index contributed by atoms with van der Waals surface area (Å²) >= 11 is 7.77. The number of nitrogens with zero attached hydrogens (tertiary/aromatic N) is 1. The van der Waals surface area contributed by atoms with Gasteiger partial charge in [-0.25, -0.2) is 4.98 Å². The lowest BCUT2D eigenvalue weighted by Gasteiger charge is -2.23. The van der Waals surface area contributed by atoms with Gasteiger partial charge in [-0.2, -0.15) is 0 Å². The summed E-state index contributed by atoms with van der Waals surface area (Å²) in [6.07, 6.45) is 2.48. The molecule has 1 aromatic heterocycles. The van der Waals surface area contributed by atoms with Gasteiger partial charge in [-0.1, -0.05) is 35.9 Å². The van der Waals surface area contributed by atoms with E-state index < -0.39 is 0 Å². The Morgan fingerprint density at radius 1 is 1.17 bits per heavy atom. The minimum absolute atomic E-state index is 0.0185. The van der Waals surface area contributed by atoms with Crippen LogP contribution in [0.5, 0.6) is 11.5 Å². The third kappa shape index (κ3) is 4.16. The first-order valence-corrected chi connectivity index (χ1v) is 11.3. The fourth-order valence-electron chi connectivity index (χ4n) is 3.69. The summed E-state index contributed by atoms with van der Waals surface area (Å²) in [5.74, 6) is 1.95. The number of carbonyl (C=O) groups is 1. The number of rotatable bonds is 6. The molecule has 1 amide bonds. The Balaban J connectivity index is 1.29. The highest BCUT2D eigenvalue weighted by Crippen LogP contribution is 2.43. The molecule has 1 atom stereocenters. The van der Waals surface area contributed by atoms with Crippen molar-refractivity contribution >= 4 is 28.8 Å². The molecule has 5 nitrogen and oxygen atoms in total. The zero-order chi connectivity index (χ0) is 20.5. The van der Waals surface area contributed by atoms with E-state index >= 15 is 0 Å². The summed E-state index contributed by atoms with van der Waals surface area (Å²) in [6, 6.07) is 13.5. The van der Waals surface area contributed by atoms with Crippen LogP contribution in [0.15, 0.2) is 47.8 Å². The largest absolute Gasteiger partial charge is 0.486 e. The second-order valence-corrected chi connectivity index (χ2v) is 8.85. The maximum Gasteiger partial charge on any atom is 0.226 e. The van der Waals surface area contributed by atoms with Crippen LogP contribution in [0, 0.1) is 5.92 Å². The molecule has 0 spiro atoms. The highest BCUT2D eigenvalue weighted by atomic mass is 35.5. The van der Waals surface area contributed by atoms with Crippen LogP contribution < -0.4 is 14.8 Å². The lowest BCUT2D eigenvalue weighted by atomic mass is 10.0. The van der Waals surface area contributed by atoms with E-state index in [1.165, 1.54) is 11.3 Å². The first kappa shape index (κ1) is 19.4. The second-order valence-electron chi connectivity index (χ2n) is 7.59. The van der Waals surface area contributed by atoms with Crippen LogP contribution in [0.1, 0.15) is 30.1 Å². The molecule has 1 aliphatic heterocycles. The number of aromatic nitrogens is 1. The first-order chi connectivity index (χ1) is 14.7. The molecule has 30 heavy (non-hydrogen) atoms. The molecule has 1 fully saturated rings. The number of benzene rings is 2. The standard InChI is InChI=1S/C23H21ClN2O3S/c24-18-4-2-1-3-17(18)23-25-16(13-30-23)12-21(27)26-22(14-5-6-14)15-7-8-19-20(11-15)29-10-9-28-19/h1-4,7-8,11,13-14,22H,5-6,9-10,12H2,(H,26,27). The number of fused-ring (bicyclic) bond motifs is 1. The molecule has 0 saturated heterocycles. The molecule has 154 valence electrons. The molecular formula is C23H21ClN2O3S. The van der Waals surface area contributed by atoms with Gasteiger partial charge in [0, 0.05) is 10.9 Å². The predicted octanol–water partition coefficient (Wildman–Crippen LogP) is 5.04. The van der Waals surface area contributed by atoms with Gasteiger partial charge in [-0.15, -0.1) is 11.3 Å². The molecule has 1 N–H and O–H groups in total. The highest BCUT2D eigenvalue weighted by molar-refractivity contribution is 7.13. The van der Waals surface area contributed by atoms with Gasteiger partial charge in [0.15, 0.2) is 11.5 Å². The lowest BCUT2D eigenvalue weighted by molar-refractivity contribution is -0.121. The van der Waals surface area contributed by atoms with Crippen LogP contribution in [-0.2, 0) is 11.2 Å². The number of hydrogen-bond acceptors (Lipinski definition) is 5. The maximum atomic E-state index is 12.8. The van der Waals surface area contributed by atoms with Crippen molar-refractivity contribution in [3.63, 3.8) is 0 Å². The van der Waals surface area contributed by atoms with Crippen molar-refractivity contribution in [2.24, 2.45) is 5.92 Å². The molecule has 2 aliphatic rings. The van der Waals surface area contributed by atoms with Crippen molar-refractivity contribution in [1.29, 1.82) is 0 Å². The Morgan fingerprint density at radius 3 is 2.77 bits per heavy atom. The van der Waals surface area contributed by atoms with E-state index in [4.69, 9.17) is 21.1 Å². The van der Waals surface area contributed by atoms with Crippen LogP contribution >= 0.6 is 22.9 Å². The van der Waals surface area contributed by atoms with Crippen LogP contribution in [0.2, 0.25) is 5.02 Å². The average Bonchev–Trinajstić information content (AvgIpc) is 3.51. The summed E-state index contributed by atoms with van der Waals surface area (Å²) in [7, 11) is 0. The van der Waals surface area contributed by atoms with Crippen molar-refractivity contribution in [3.8, 4) is 22.1 Å². The third-order valence-corrected chi connectivity index (χ3v) is 6.59. The number of thiazole rings is 1. The highest BCUT2D eigenvalue weighted by Gasteiger charge is 2.34. The number of carbonyl (C=O) groups excluding carboxylic acids is 1. The fraction of sp³-hybridized carbons (Fsp3) is 0.304. The number of ether oxygens (including phenoxy) is 2. The van der Waals surface area contributed by atoms with Gasteiger partial charge in [0.2, 0.25) is 5.91 Å². The SMILES string of the molecule is O=C(Cc1csc(-c2ccccc2Cl)n1)NC(c1ccc2c(c1)OCCO2)C1CC1. The van der Waals surface area contributed by atoms with Crippen LogP contribution in [0.3, 0.4) is 0 Å². The number of halogens is 1. The normalized spacial score (nSPS) is 16.2. The van der Waals surface area contributed by atoms with Gasteiger partial charge in [-0.3, -0.25) is 4.79 Å². The zero-order valence-electron chi connectivity index (χ0n) is 16.3. The van der Waals surface area contributed by atoms with Gasteiger partial charge in [0.1, 0.15) is 18.2 Å². The molecule has 0 bridgehead atoms. The predicted molar refractivity (Wildman–Crippen MR) is 117 cm³/mol. The van der Waals surface area contributed by atoms with E-state index in [0.29, 0.717) is 24.2 Å². The summed E-state index contributed by atoms with van der Waals surface area (Å²) in [5, 5.41) is 6.63. The number of nitrogens with one attached hydrogen (secondary N) is 1. The number of hydrogen-bond donors (Lipinski definition) is 1. The number of amides is 1. The third-order valence-electron chi connectivity index (χ3n) is 5.33. The Bertz CT molecular complexity index is 1080. The van der Waals surface area contributed by atoms with Crippen molar-refractivity contribution in [3.05, 3.63) is 64.1 Å². The molecule has 2 heterocycles. The van der Waals surface area contributed by atoms with E-state index in [1.54, 1.807) is 0 Å². The maximum absolute atomic E-state index is 12.8. The quantitative estimate of drug-likeness (QED) is 0.583. The van der Waals surface area contributed by atoms with E-state index in [1.807, 2.05) is 47.8 Å². The van der Waals surface area contributed by atoms with Gasteiger partial charge in [0.05, 0.1) is 23.2 Å². The smallest absolute Gasteiger partial charge is 0.226 e. The topological polar surface area (TPSA) is 60.5 Å². The minimum atomic E-state index is -0.0298. The Hall–Kier alpha value is -2.57. The molecule has 1 unspecified atom stereocenters. The van der Waals surface area contributed by atoms with Crippen LogP contribution in [0.25, 0.3) is 10.6 Å². The Morgan fingerprint density at radius 2 is 1.97 bits per heavy atom. The molecule has 5 rings (SSSR count). The fourth-order valence-corrected chi connectivity index (χ4v) is 4.83. The molecule has 7 heteroatoms. The van der Waals surface area contributed by atoms with Crippen molar-refractivity contribution < 1.29 is 14.3 Å². The van der Waals surface area contributed by atoms with E-state index in [0.717, 1.165) is 46.2 Å². The van der Waals surface area contributed by atoms with Gasteiger partial charge in [0.25, 0.3) is 0 Å². The van der Waals surface area contributed by atoms with E-state index in [9.17, 15) is 4.79 Å². The van der Waals surface area contributed by atoms with Gasteiger partial charge in [-0.05, 0) is 42.5 Å². The summed E-state index contributed by atoms with van der Waals surface area (Å²) < 4.78 is 11.3. The Labute approximate surface area is 184 Å². The molecular weight excluding hydrogens is 420 g/mol. The summed E-state index contributed by atoms with van der Waals surface area (Å²) in [6.45, 7) is 1.12. The molecule has 1 saturated carbocycles. The average molecular weight is 441 g/mol. The molecule has 3 aromatic rings. The summed E-state index contributed by atoms with van der Waals surface area (Å²) in [5.41, 5.74) is 2.71. The van der Waals surface area contributed by atoms with E-state index in [2.05, 4.69) is 10.3 Å². The molecule has 1 aliphatic carbocycles. The van der Waals surface area contributed by atoms with Crippen molar-refractivity contribution in [2.75, 3.05) is 13.2 Å². The van der Waals surface area contributed by atoms with Crippen LogP contribution in [0.4, 0.5) is 0 Å². The van der Waals surface area contributed by atoms with E-state index in [-0.39, 0.29) is 18.4 Å². The van der Waals surface area contributed by atoms with Crippen molar-refractivity contribution in [1.82, 2.24) is 10.3 Å². The summed E-state index contributed by atoms with van der Waals surface area (Å²) in [4.78, 5) is 17.4. The lowest BCUT2D eigenvalue weighted by Crippen LogP contribution is -2.31. The molecule has 2 aromatic carbocycles. The van der Waals surface area contributed by atoms with Gasteiger partial charge < -0.3 is 14.8 Å². The van der Waals surface area contributed by atoms with Crippen molar-refractivity contribution in [2.45, 2.75) is 25.3 Å².